The fourth-order valence-corrected chi connectivity index (χ4v) is 2.61. The standard InChI is InChI=1S/C14H20F2N2O2.ClH/c1-20-12-4-2-3-10(14(12)19)11(9-13(15)16)18-7-5-17-6-8-18;/h2-4,11,13,17,19H,5-9H2,1H3;1H/t11-;/m1./s1. The van der Waals surface area contributed by atoms with Gasteiger partial charge in [0.05, 0.1) is 7.11 Å². The van der Waals surface area contributed by atoms with Crippen LogP contribution < -0.4 is 10.1 Å². The molecule has 0 radical (unpaired) electrons. The van der Waals surface area contributed by atoms with Crippen molar-refractivity contribution in [3.8, 4) is 11.5 Å². The summed E-state index contributed by atoms with van der Waals surface area (Å²) in [5, 5.41) is 13.4. The lowest BCUT2D eigenvalue weighted by Crippen LogP contribution is -2.45. The van der Waals surface area contributed by atoms with Gasteiger partial charge in [0, 0.05) is 44.2 Å². The van der Waals surface area contributed by atoms with Gasteiger partial charge in [-0.05, 0) is 6.07 Å². The summed E-state index contributed by atoms with van der Waals surface area (Å²) >= 11 is 0. The number of alkyl halides is 2. The van der Waals surface area contributed by atoms with Gasteiger partial charge in [-0.1, -0.05) is 12.1 Å². The Bertz CT molecular complexity index is 443. The lowest BCUT2D eigenvalue weighted by atomic mass is 9.99. The monoisotopic (exact) mass is 322 g/mol. The maximum atomic E-state index is 12.9. The van der Waals surface area contributed by atoms with Crippen LogP contribution in [0, 0.1) is 0 Å². The van der Waals surface area contributed by atoms with Crippen molar-refractivity contribution in [3.05, 3.63) is 23.8 Å². The highest BCUT2D eigenvalue weighted by atomic mass is 35.5. The van der Waals surface area contributed by atoms with Crippen LogP contribution in [0.1, 0.15) is 18.0 Å². The molecule has 1 saturated heterocycles. The van der Waals surface area contributed by atoms with Crippen molar-refractivity contribution in [2.75, 3.05) is 33.3 Å². The number of aromatic hydroxyl groups is 1. The third-order valence-electron chi connectivity index (χ3n) is 3.60. The molecule has 0 saturated carbocycles. The molecule has 7 heteroatoms. The molecule has 1 aliphatic heterocycles. The van der Waals surface area contributed by atoms with Crippen LogP contribution in [0.15, 0.2) is 18.2 Å². The van der Waals surface area contributed by atoms with E-state index in [1.165, 1.54) is 7.11 Å². The third kappa shape index (κ3) is 4.43. The number of halogens is 3. The number of nitrogens with zero attached hydrogens (tertiary/aromatic N) is 1. The number of hydrogen-bond donors (Lipinski definition) is 2. The smallest absolute Gasteiger partial charge is 0.240 e. The molecule has 1 aromatic carbocycles. The average Bonchev–Trinajstić information content (AvgIpc) is 2.46. The molecule has 1 aromatic rings. The number of phenols is 1. The fraction of sp³-hybridized carbons (Fsp3) is 0.571. The predicted octanol–water partition coefficient (Wildman–Crippen LogP) is 2.42. The first kappa shape index (κ1) is 17.9. The highest BCUT2D eigenvalue weighted by Crippen LogP contribution is 2.38. The molecule has 0 spiro atoms. The number of benzene rings is 1. The Balaban J connectivity index is 0.00000220. The Morgan fingerprint density at radius 2 is 2.00 bits per heavy atom. The van der Waals surface area contributed by atoms with Gasteiger partial charge in [0.2, 0.25) is 6.43 Å². The summed E-state index contributed by atoms with van der Waals surface area (Å²) < 4.78 is 30.8. The van der Waals surface area contributed by atoms with Crippen LogP contribution in [0.4, 0.5) is 8.78 Å². The summed E-state index contributed by atoms with van der Waals surface area (Å²) in [6.07, 6.45) is -2.71. The Kier molecular flexibility index (Phi) is 7.14. The molecule has 21 heavy (non-hydrogen) atoms. The van der Waals surface area contributed by atoms with Crippen LogP contribution >= 0.6 is 12.4 Å². The van der Waals surface area contributed by atoms with Gasteiger partial charge >= 0.3 is 0 Å². The van der Waals surface area contributed by atoms with Crippen LogP contribution in [0.2, 0.25) is 0 Å². The second-order valence-electron chi connectivity index (χ2n) is 4.83. The molecule has 0 unspecified atom stereocenters. The van der Waals surface area contributed by atoms with Crippen molar-refractivity contribution in [2.45, 2.75) is 18.9 Å². The van der Waals surface area contributed by atoms with Crippen molar-refractivity contribution in [1.82, 2.24) is 10.2 Å². The van der Waals surface area contributed by atoms with E-state index in [0.717, 1.165) is 13.1 Å². The van der Waals surface area contributed by atoms with E-state index >= 15 is 0 Å². The van der Waals surface area contributed by atoms with E-state index in [1.807, 2.05) is 4.90 Å². The van der Waals surface area contributed by atoms with Crippen molar-refractivity contribution in [3.63, 3.8) is 0 Å². The minimum absolute atomic E-state index is 0. The molecule has 0 aliphatic carbocycles. The molecular weight excluding hydrogens is 302 g/mol. The molecule has 4 nitrogen and oxygen atoms in total. The molecule has 1 atom stereocenters. The molecule has 2 rings (SSSR count). The van der Waals surface area contributed by atoms with Gasteiger partial charge in [-0.2, -0.15) is 0 Å². The van der Waals surface area contributed by atoms with Crippen molar-refractivity contribution in [2.24, 2.45) is 0 Å². The van der Waals surface area contributed by atoms with E-state index in [0.29, 0.717) is 24.4 Å². The SMILES string of the molecule is COc1cccc([C@@H](CC(F)F)N2CCNCC2)c1O.Cl. The van der Waals surface area contributed by atoms with E-state index in [4.69, 9.17) is 4.74 Å². The molecule has 1 fully saturated rings. The molecule has 120 valence electrons. The first-order chi connectivity index (χ1) is 9.63. The third-order valence-corrected chi connectivity index (χ3v) is 3.60. The number of methoxy groups -OCH3 is 1. The molecule has 1 heterocycles. The lowest BCUT2D eigenvalue weighted by molar-refractivity contribution is 0.0728. The zero-order valence-electron chi connectivity index (χ0n) is 11.9. The Morgan fingerprint density at radius 3 is 2.57 bits per heavy atom. The highest BCUT2D eigenvalue weighted by molar-refractivity contribution is 5.85. The van der Waals surface area contributed by atoms with Crippen molar-refractivity contribution < 1.29 is 18.6 Å². The number of nitrogens with one attached hydrogen (secondary N) is 1. The number of phenolic OH excluding ortho intramolecular Hbond substituents is 1. The summed E-state index contributed by atoms with van der Waals surface area (Å²) in [6, 6.07) is 4.53. The van der Waals surface area contributed by atoms with Gasteiger partial charge in [-0.15, -0.1) is 12.4 Å². The second kappa shape index (κ2) is 8.36. The van der Waals surface area contributed by atoms with Crippen LogP contribution in [-0.4, -0.2) is 49.7 Å². The minimum Gasteiger partial charge on any atom is -0.504 e. The average molecular weight is 323 g/mol. The normalized spacial score (nSPS) is 17.3. The van der Waals surface area contributed by atoms with Gasteiger partial charge < -0.3 is 15.2 Å². The summed E-state index contributed by atoms with van der Waals surface area (Å²) in [5.74, 6) is 0.274. The van der Waals surface area contributed by atoms with Gasteiger partial charge in [0.15, 0.2) is 11.5 Å². The summed E-state index contributed by atoms with van der Waals surface area (Å²) in [7, 11) is 1.45. The maximum absolute atomic E-state index is 12.9. The summed E-state index contributed by atoms with van der Waals surface area (Å²) in [6.45, 7) is 2.91. The Morgan fingerprint density at radius 1 is 1.33 bits per heavy atom. The maximum Gasteiger partial charge on any atom is 0.240 e. The quantitative estimate of drug-likeness (QED) is 0.874. The van der Waals surface area contributed by atoms with Crippen LogP contribution in [0.5, 0.6) is 11.5 Å². The van der Waals surface area contributed by atoms with Gasteiger partial charge in [0.1, 0.15) is 0 Å². The van der Waals surface area contributed by atoms with E-state index in [2.05, 4.69) is 5.32 Å². The first-order valence-electron chi connectivity index (χ1n) is 6.72. The van der Waals surface area contributed by atoms with Crippen molar-refractivity contribution >= 4 is 12.4 Å². The molecule has 2 N–H and O–H groups in total. The number of ether oxygens (including phenoxy) is 1. The Labute approximate surface area is 129 Å². The van der Waals surface area contributed by atoms with Crippen LogP contribution in [0.3, 0.4) is 0 Å². The number of rotatable bonds is 5. The number of para-hydroxylation sites is 1. The molecular formula is C14H21ClF2N2O2. The molecule has 0 aromatic heterocycles. The van der Waals surface area contributed by atoms with Crippen LogP contribution in [0.25, 0.3) is 0 Å². The number of hydrogen-bond acceptors (Lipinski definition) is 4. The summed E-state index contributed by atoms with van der Waals surface area (Å²) in [5.41, 5.74) is 0.506. The van der Waals surface area contributed by atoms with Gasteiger partial charge in [0.25, 0.3) is 0 Å². The molecule has 0 bridgehead atoms. The van der Waals surface area contributed by atoms with Crippen LogP contribution in [-0.2, 0) is 0 Å². The predicted molar refractivity (Wildman–Crippen MR) is 79.7 cm³/mol. The fourth-order valence-electron chi connectivity index (χ4n) is 2.61. The van der Waals surface area contributed by atoms with E-state index in [9.17, 15) is 13.9 Å². The first-order valence-corrected chi connectivity index (χ1v) is 6.72. The zero-order chi connectivity index (χ0) is 14.5. The topological polar surface area (TPSA) is 44.7 Å². The number of piperazine rings is 1. The second-order valence-corrected chi connectivity index (χ2v) is 4.83. The lowest BCUT2D eigenvalue weighted by Gasteiger charge is -2.35. The van der Waals surface area contributed by atoms with E-state index < -0.39 is 12.5 Å². The largest absolute Gasteiger partial charge is 0.504 e. The van der Waals surface area contributed by atoms with Gasteiger partial charge in [-0.25, -0.2) is 8.78 Å². The zero-order valence-corrected chi connectivity index (χ0v) is 12.7. The summed E-state index contributed by atoms with van der Waals surface area (Å²) in [4.78, 5) is 1.98. The minimum atomic E-state index is -2.42. The highest BCUT2D eigenvalue weighted by Gasteiger charge is 2.28. The van der Waals surface area contributed by atoms with E-state index in [-0.39, 0.29) is 24.6 Å². The molecule has 1 aliphatic rings. The van der Waals surface area contributed by atoms with E-state index in [1.54, 1.807) is 18.2 Å². The Hall–Kier alpha value is -1.11. The van der Waals surface area contributed by atoms with Crippen molar-refractivity contribution in [1.29, 1.82) is 0 Å². The molecule has 0 amide bonds. The van der Waals surface area contributed by atoms with Gasteiger partial charge in [-0.3, -0.25) is 4.90 Å².